The first kappa shape index (κ1) is 26.0. The van der Waals surface area contributed by atoms with Crippen LogP contribution >= 0.6 is 23.2 Å². The van der Waals surface area contributed by atoms with Gasteiger partial charge in [-0.25, -0.2) is 0 Å². The summed E-state index contributed by atoms with van der Waals surface area (Å²) in [6, 6.07) is 5.57. The van der Waals surface area contributed by atoms with Crippen molar-refractivity contribution in [2.75, 3.05) is 6.54 Å². The molecule has 1 fully saturated rings. The number of benzene rings is 1. The van der Waals surface area contributed by atoms with E-state index in [2.05, 4.69) is 22.0 Å². The number of rotatable bonds is 9. The molecule has 1 aliphatic rings. The Morgan fingerprint density at radius 3 is 2.56 bits per heavy atom. The normalized spacial score (nSPS) is 17.8. The lowest BCUT2D eigenvalue weighted by Crippen LogP contribution is -2.51. The molecule has 0 radical (unpaired) electrons. The van der Waals surface area contributed by atoms with E-state index >= 15 is 0 Å². The average Bonchev–Trinajstić information content (AvgIpc) is 3.09. The van der Waals surface area contributed by atoms with Crippen molar-refractivity contribution in [3.8, 4) is 6.07 Å². The number of hydrogen-bond donors (Lipinski definition) is 3. The van der Waals surface area contributed by atoms with Gasteiger partial charge in [-0.3, -0.25) is 14.4 Å². The van der Waals surface area contributed by atoms with Crippen molar-refractivity contribution in [2.24, 2.45) is 11.3 Å². The largest absolute Gasteiger partial charge is 0.356 e. The van der Waals surface area contributed by atoms with Crippen molar-refractivity contribution in [3.05, 3.63) is 33.8 Å². The molecule has 174 valence electrons. The van der Waals surface area contributed by atoms with E-state index < -0.39 is 18.0 Å². The predicted octanol–water partition coefficient (Wildman–Crippen LogP) is 3.38. The Hall–Kier alpha value is -2.30. The van der Waals surface area contributed by atoms with Gasteiger partial charge in [0.25, 0.3) is 0 Å². The van der Waals surface area contributed by atoms with Crippen molar-refractivity contribution in [2.45, 2.75) is 65.0 Å². The van der Waals surface area contributed by atoms with E-state index in [0.717, 1.165) is 5.56 Å². The Morgan fingerprint density at radius 2 is 2.00 bits per heavy atom. The highest BCUT2D eigenvalue weighted by molar-refractivity contribution is 6.35. The first-order valence-corrected chi connectivity index (χ1v) is 11.4. The number of nitrogens with zero attached hydrogens (tertiary/aromatic N) is 1. The molecule has 1 aliphatic heterocycles. The third-order valence-electron chi connectivity index (χ3n) is 5.26. The zero-order valence-corrected chi connectivity index (χ0v) is 20.1. The summed E-state index contributed by atoms with van der Waals surface area (Å²) >= 11 is 12.1. The SMILES string of the molecule is CC(C)(C)CC(NC(=O)CCc1ccc(Cl)cc1Cl)C(=O)NC(C#N)C[C@@H]1CCNC1=O. The van der Waals surface area contributed by atoms with Crippen molar-refractivity contribution < 1.29 is 14.4 Å². The minimum Gasteiger partial charge on any atom is -0.356 e. The topological polar surface area (TPSA) is 111 Å². The van der Waals surface area contributed by atoms with Gasteiger partial charge in [0, 0.05) is 28.9 Å². The molecule has 1 aromatic carbocycles. The molecule has 0 saturated carbocycles. The summed E-state index contributed by atoms with van der Waals surface area (Å²) in [7, 11) is 0. The van der Waals surface area contributed by atoms with E-state index in [1.165, 1.54) is 0 Å². The van der Waals surface area contributed by atoms with Crippen molar-refractivity contribution in [1.82, 2.24) is 16.0 Å². The van der Waals surface area contributed by atoms with Gasteiger partial charge in [-0.1, -0.05) is 50.0 Å². The molecule has 0 aliphatic carbocycles. The molecule has 0 bridgehead atoms. The van der Waals surface area contributed by atoms with Crippen LogP contribution in [0, 0.1) is 22.7 Å². The first-order chi connectivity index (χ1) is 15.0. The Bertz CT molecular complexity index is 892. The van der Waals surface area contributed by atoms with Crippen LogP contribution in [0.3, 0.4) is 0 Å². The fourth-order valence-electron chi connectivity index (χ4n) is 3.63. The third kappa shape index (κ3) is 8.33. The van der Waals surface area contributed by atoms with Gasteiger partial charge in [0.05, 0.1) is 6.07 Å². The lowest BCUT2D eigenvalue weighted by molar-refractivity contribution is -0.130. The summed E-state index contributed by atoms with van der Waals surface area (Å²) in [5.74, 6) is -1.11. The second kappa shape index (κ2) is 11.5. The fraction of sp³-hybridized carbons (Fsp3) is 0.565. The van der Waals surface area contributed by atoms with Crippen LogP contribution in [0.2, 0.25) is 10.0 Å². The summed E-state index contributed by atoms with van der Waals surface area (Å²) in [5, 5.41) is 18.7. The van der Waals surface area contributed by atoms with Crippen LogP contribution in [0.4, 0.5) is 0 Å². The van der Waals surface area contributed by atoms with Gasteiger partial charge >= 0.3 is 0 Å². The van der Waals surface area contributed by atoms with Crippen LogP contribution in [0.25, 0.3) is 0 Å². The molecule has 2 rings (SSSR count). The second-order valence-corrected chi connectivity index (χ2v) is 10.2. The number of hydrogen-bond acceptors (Lipinski definition) is 4. The number of nitrogens with one attached hydrogen (secondary N) is 3. The van der Waals surface area contributed by atoms with Crippen LogP contribution in [-0.4, -0.2) is 36.3 Å². The smallest absolute Gasteiger partial charge is 0.243 e. The molecule has 32 heavy (non-hydrogen) atoms. The summed E-state index contributed by atoms with van der Waals surface area (Å²) in [4.78, 5) is 37.3. The number of halogens is 2. The van der Waals surface area contributed by atoms with Gasteiger partial charge in [-0.2, -0.15) is 5.26 Å². The highest BCUT2D eigenvalue weighted by atomic mass is 35.5. The van der Waals surface area contributed by atoms with Crippen LogP contribution < -0.4 is 16.0 Å². The molecule has 7 nitrogen and oxygen atoms in total. The second-order valence-electron chi connectivity index (χ2n) is 9.32. The zero-order valence-electron chi connectivity index (χ0n) is 18.6. The Kier molecular flexibility index (Phi) is 9.35. The highest BCUT2D eigenvalue weighted by Crippen LogP contribution is 2.23. The molecule has 3 amide bonds. The number of aryl methyl sites for hydroxylation is 1. The van der Waals surface area contributed by atoms with Gasteiger partial charge in [0.15, 0.2) is 0 Å². The minimum atomic E-state index is -0.802. The lowest BCUT2D eigenvalue weighted by Gasteiger charge is -2.27. The van der Waals surface area contributed by atoms with E-state index in [0.29, 0.717) is 35.9 Å². The lowest BCUT2D eigenvalue weighted by atomic mass is 9.87. The Balaban J connectivity index is 1.99. The number of carbonyl (C=O) groups is 3. The van der Waals surface area contributed by atoms with Crippen LogP contribution in [-0.2, 0) is 20.8 Å². The number of amides is 3. The summed E-state index contributed by atoms with van der Waals surface area (Å²) in [5.41, 5.74) is 0.560. The number of nitriles is 1. The van der Waals surface area contributed by atoms with Gasteiger partial charge in [-0.15, -0.1) is 0 Å². The van der Waals surface area contributed by atoms with Crippen LogP contribution in [0.1, 0.15) is 52.0 Å². The Labute approximate surface area is 199 Å². The molecular weight excluding hydrogens is 451 g/mol. The van der Waals surface area contributed by atoms with Crippen LogP contribution in [0.5, 0.6) is 0 Å². The molecule has 0 spiro atoms. The van der Waals surface area contributed by atoms with E-state index in [-0.39, 0.29) is 36.0 Å². The molecule has 9 heteroatoms. The van der Waals surface area contributed by atoms with Crippen LogP contribution in [0.15, 0.2) is 18.2 Å². The van der Waals surface area contributed by atoms with Gasteiger partial charge < -0.3 is 16.0 Å². The highest BCUT2D eigenvalue weighted by Gasteiger charge is 2.31. The Morgan fingerprint density at radius 1 is 1.28 bits per heavy atom. The minimum absolute atomic E-state index is 0.0973. The standard InChI is InChI=1S/C23H30Cl2N4O3/c1-23(2,3)12-19(22(32)28-17(13-26)10-15-8-9-27-21(15)31)29-20(30)7-5-14-4-6-16(24)11-18(14)25/h4,6,11,15,17,19H,5,7-10,12H2,1-3H3,(H,27,31)(H,28,32)(H,29,30)/t15-,17?,19?/m0/s1. The fourth-order valence-corrected chi connectivity index (χ4v) is 4.13. The maximum absolute atomic E-state index is 12.9. The monoisotopic (exact) mass is 480 g/mol. The van der Waals surface area contributed by atoms with Crippen molar-refractivity contribution >= 4 is 40.9 Å². The molecular formula is C23H30Cl2N4O3. The maximum atomic E-state index is 12.9. The maximum Gasteiger partial charge on any atom is 0.243 e. The molecule has 1 aromatic rings. The molecule has 1 heterocycles. The van der Waals surface area contributed by atoms with Gasteiger partial charge in [-0.05, 0) is 48.8 Å². The molecule has 1 saturated heterocycles. The zero-order chi connectivity index (χ0) is 23.9. The van der Waals surface area contributed by atoms with E-state index in [1.807, 2.05) is 20.8 Å². The predicted molar refractivity (Wildman–Crippen MR) is 124 cm³/mol. The average molecular weight is 481 g/mol. The van der Waals surface area contributed by atoms with Gasteiger partial charge in [0.1, 0.15) is 12.1 Å². The van der Waals surface area contributed by atoms with E-state index in [1.54, 1.807) is 18.2 Å². The summed E-state index contributed by atoms with van der Waals surface area (Å²) in [6.07, 6.45) is 1.85. The molecule has 3 N–H and O–H groups in total. The van der Waals surface area contributed by atoms with E-state index in [4.69, 9.17) is 23.2 Å². The quantitative estimate of drug-likeness (QED) is 0.502. The van der Waals surface area contributed by atoms with Crippen molar-refractivity contribution in [3.63, 3.8) is 0 Å². The summed E-state index contributed by atoms with van der Waals surface area (Å²) < 4.78 is 0. The molecule has 3 atom stereocenters. The first-order valence-electron chi connectivity index (χ1n) is 10.7. The molecule has 0 aromatic heterocycles. The van der Waals surface area contributed by atoms with E-state index in [9.17, 15) is 19.6 Å². The van der Waals surface area contributed by atoms with Crippen molar-refractivity contribution in [1.29, 1.82) is 5.26 Å². The summed E-state index contributed by atoms with van der Waals surface area (Å²) in [6.45, 7) is 6.49. The van der Waals surface area contributed by atoms with Gasteiger partial charge in [0.2, 0.25) is 17.7 Å². The third-order valence-corrected chi connectivity index (χ3v) is 5.85. The number of carbonyl (C=O) groups excluding carboxylic acids is 3. The molecule has 2 unspecified atom stereocenters.